The highest BCUT2D eigenvalue weighted by Gasteiger charge is 2.42. The normalized spacial score (nSPS) is 13.8. The van der Waals surface area contributed by atoms with E-state index < -0.39 is 62.5 Å². The summed E-state index contributed by atoms with van der Waals surface area (Å²) in [5, 5.41) is 20.4. The van der Waals surface area contributed by atoms with Crippen LogP contribution in [-0.2, 0) is 34.0 Å². The number of nitrogens with zero attached hydrogens (tertiary/aromatic N) is 2. The average Bonchev–Trinajstić information content (AvgIpc) is 3.55. The Hall–Kier alpha value is -3.68. The Balaban J connectivity index is 2.07. The maximum atomic E-state index is 14.3. The van der Waals surface area contributed by atoms with Crippen molar-refractivity contribution >= 4 is 21.7 Å². The Morgan fingerprint density at radius 3 is 2.24 bits per heavy atom. The van der Waals surface area contributed by atoms with Gasteiger partial charge in [-0.2, -0.15) is 5.10 Å². The van der Waals surface area contributed by atoms with E-state index in [1.165, 1.54) is 12.4 Å². The Morgan fingerprint density at radius 2 is 1.67 bits per heavy atom. The summed E-state index contributed by atoms with van der Waals surface area (Å²) < 4.78 is 56.0. The number of aromatic nitrogens is 2. The number of carbonyl (C=O) groups is 2. The molecule has 252 valence electrons. The molecule has 10 nitrogen and oxygen atoms in total. The maximum absolute atomic E-state index is 14.3. The lowest BCUT2D eigenvalue weighted by molar-refractivity contribution is -0.123. The molecule has 0 aliphatic rings. The molecule has 2 amide bonds. The number of rotatable bonds is 19. The van der Waals surface area contributed by atoms with E-state index in [1.807, 2.05) is 45.0 Å². The van der Waals surface area contributed by atoms with Crippen LogP contribution in [0.3, 0.4) is 0 Å². The van der Waals surface area contributed by atoms with E-state index in [0.29, 0.717) is 38.3 Å². The molecule has 0 bridgehead atoms. The number of primary amides is 1. The quantitative estimate of drug-likeness (QED) is 0.153. The van der Waals surface area contributed by atoms with Crippen molar-refractivity contribution in [2.24, 2.45) is 5.73 Å². The fourth-order valence-electron chi connectivity index (χ4n) is 5.69. The Labute approximate surface area is 269 Å². The van der Waals surface area contributed by atoms with Crippen molar-refractivity contribution in [3.8, 4) is 0 Å². The van der Waals surface area contributed by atoms with Crippen LogP contribution >= 0.6 is 0 Å². The molecule has 0 spiro atoms. The third-order valence-electron chi connectivity index (χ3n) is 8.01. The molecule has 0 aliphatic heterocycles. The van der Waals surface area contributed by atoms with Gasteiger partial charge in [-0.15, -0.1) is 0 Å². The topological polar surface area (TPSA) is 158 Å². The average molecular weight is 662 g/mol. The molecule has 3 rings (SSSR count). The smallest absolute Gasteiger partial charge is 0.258 e. The van der Waals surface area contributed by atoms with Crippen LogP contribution in [0.5, 0.6) is 0 Å². The fourth-order valence-corrected chi connectivity index (χ4v) is 7.92. The molecule has 3 atom stereocenters. The molecule has 13 heteroatoms. The Bertz CT molecular complexity index is 1510. The van der Waals surface area contributed by atoms with E-state index >= 15 is 0 Å². The number of amides is 2. The minimum atomic E-state index is -3.98. The molecule has 5 N–H and O–H groups in total. The Kier molecular flexibility index (Phi) is 13.8. The molecule has 0 radical (unpaired) electrons. The van der Waals surface area contributed by atoms with Gasteiger partial charge in [0.25, 0.3) is 5.91 Å². The zero-order chi connectivity index (χ0) is 33.9. The van der Waals surface area contributed by atoms with Crippen LogP contribution in [0.25, 0.3) is 0 Å². The molecule has 1 unspecified atom stereocenters. The van der Waals surface area contributed by atoms with Gasteiger partial charge < -0.3 is 21.1 Å². The second-order valence-electron chi connectivity index (χ2n) is 11.6. The van der Waals surface area contributed by atoms with Gasteiger partial charge in [-0.3, -0.25) is 14.7 Å². The largest absolute Gasteiger partial charge is 0.390 e. The first-order chi connectivity index (χ1) is 21.9. The standard InChI is InChI=1S/C33H45F2N5O5S/c1-4-8-28(9-5-2)46(44,45)21-30(32(36)42)40(33(43)25-18-38-39-19-25)29(15-24-13-26(34)16-27(35)14-24)31(41)20-37-17-23-11-7-10-22(6-3)12-23/h7,10-14,16,18-19,28-31,37,41H,4-6,8-9,15,17,20-21H2,1-3H3,(H2,36,42)(H,38,39)/t29-,30?,31+/m0/s1. The van der Waals surface area contributed by atoms with E-state index in [-0.39, 0.29) is 24.1 Å². The van der Waals surface area contributed by atoms with Crippen molar-refractivity contribution in [1.82, 2.24) is 20.4 Å². The van der Waals surface area contributed by atoms with Crippen molar-refractivity contribution in [3.63, 3.8) is 0 Å². The lowest BCUT2D eigenvalue weighted by Crippen LogP contribution is -2.60. The number of aliphatic hydroxyl groups excluding tert-OH is 1. The summed E-state index contributed by atoms with van der Waals surface area (Å²) >= 11 is 0. The van der Waals surface area contributed by atoms with Gasteiger partial charge in [0, 0.05) is 25.4 Å². The highest BCUT2D eigenvalue weighted by molar-refractivity contribution is 7.92. The van der Waals surface area contributed by atoms with E-state index in [2.05, 4.69) is 15.5 Å². The number of nitrogens with two attached hydrogens (primary N) is 1. The number of aryl methyl sites for hydroxylation is 1. The van der Waals surface area contributed by atoms with Crippen LogP contribution in [0.4, 0.5) is 8.78 Å². The molecule has 1 aromatic heterocycles. The first kappa shape index (κ1) is 36.8. The van der Waals surface area contributed by atoms with Crippen LogP contribution < -0.4 is 11.1 Å². The molecule has 1 heterocycles. The summed E-state index contributed by atoms with van der Waals surface area (Å²) in [7, 11) is -3.98. The number of carbonyl (C=O) groups excluding carboxylic acids is 2. The number of H-pyrrole nitrogens is 1. The highest BCUT2D eigenvalue weighted by atomic mass is 32.2. The third-order valence-corrected chi connectivity index (χ3v) is 10.3. The van der Waals surface area contributed by atoms with E-state index in [9.17, 15) is 31.9 Å². The van der Waals surface area contributed by atoms with E-state index in [4.69, 9.17) is 5.73 Å². The predicted octanol–water partition coefficient (Wildman–Crippen LogP) is 3.69. The van der Waals surface area contributed by atoms with Crippen molar-refractivity contribution in [1.29, 1.82) is 0 Å². The summed E-state index contributed by atoms with van der Waals surface area (Å²) in [5.74, 6) is -4.46. The number of nitrogens with one attached hydrogen (secondary N) is 2. The number of sulfone groups is 1. The van der Waals surface area contributed by atoms with Gasteiger partial charge in [0.15, 0.2) is 9.84 Å². The van der Waals surface area contributed by atoms with Crippen molar-refractivity contribution < 1.29 is 31.9 Å². The van der Waals surface area contributed by atoms with Gasteiger partial charge in [0.1, 0.15) is 17.7 Å². The van der Waals surface area contributed by atoms with Gasteiger partial charge in [-0.1, -0.05) is 57.9 Å². The number of aromatic amines is 1. The van der Waals surface area contributed by atoms with E-state index in [0.717, 1.165) is 34.6 Å². The predicted molar refractivity (Wildman–Crippen MR) is 173 cm³/mol. The van der Waals surface area contributed by atoms with Gasteiger partial charge in [-0.25, -0.2) is 17.2 Å². The molecule has 0 saturated carbocycles. The SMILES string of the molecule is CCCC(CCC)S(=O)(=O)CC(C(N)=O)N(C(=O)c1cn[nH]c1)[C@@H](Cc1cc(F)cc(F)c1)[C@H](O)CNCc1cccc(CC)c1. The van der Waals surface area contributed by atoms with Crippen molar-refractivity contribution in [2.75, 3.05) is 12.3 Å². The van der Waals surface area contributed by atoms with Crippen LogP contribution in [-0.4, -0.2) is 76.2 Å². The van der Waals surface area contributed by atoms with Gasteiger partial charge >= 0.3 is 0 Å². The van der Waals surface area contributed by atoms with E-state index in [1.54, 1.807) is 0 Å². The zero-order valence-corrected chi connectivity index (χ0v) is 27.4. The molecular formula is C33H45F2N5O5S. The van der Waals surface area contributed by atoms with Gasteiger partial charge in [0.05, 0.1) is 34.9 Å². The molecule has 0 fully saturated rings. The van der Waals surface area contributed by atoms with Gasteiger partial charge in [-0.05, 0) is 54.5 Å². The number of aliphatic hydroxyl groups is 1. The molecule has 2 aromatic carbocycles. The second-order valence-corrected chi connectivity index (χ2v) is 13.9. The van der Waals surface area contributed by atoms with Crippen LogP contribution in [0.1, 0.15) is 73.5 Å². The molecule has 3 aromatic rings. The van der Waals surface area contributed by atoms with Crippen molar-refractivity contribution in [2.45, 2.75) is 89.3 Å². The molecular weight excluding hydrogens is 616 g/mol. The Morgan fingerprint density at radius 1 is 1.02 bits per heavy atom. The van der Waals surface area contributed by atoms with Gasteiger partial charge in [0.2, 0.25) is 5.91 Å². The summed E-state index contributed by atoms with van der Waals surface area (Å²) in [6.07, 6.45) is 3.44. The van der Waals surface area contributed by atoms with Crippen LogP contribution in [0, 0.1) is 11.6 Å². The lowest BCUT2D eigenvalue weighted by Gasteiger charge is -2.39. The number of benzene rings is 2. The number of hydrogen-bond donors (Lipinski definition) is 4. The number of hydrogen-bond acceptors (Lipinski definition) is 7. The summed E-state index contributed by atoms with van der Waals surface area (Å²) in [5.41, 5.74) is 7.96. The first-order valence-corrected chi connectivity index (χ1v) is 17.3. The highest BCUT2D eigenvalue weighted by Crippen LogP contribution is 2.24. The minimum absolute atomic E-state index is 0.0192. The lowest BCUT2D eigenvalue weighted by atomic mass is 9.96. The third kappa shape index (κ3) is 10.2. The zero-order valence-electron chi connectivity index (χ0n) is 26.6. The monoisotopic (exact) mass is 661 g/mol. The van der Waals surface area contributed by atoms with Crippen LogP contribution in [0.15, 0.2) is 54.9 Å². The molecule has 0 saturated heterocycles. The molecule has 46 heavy (non-hydrogen) atoms. The first-order valence-electron chi connectivity index (χ1n) is 15.6. The summed E-state index contributed by atoms with van der Waals surface area (Å²) in [6.45, 7) is 5.98. The summed E-state index contributed by atoms with van der Waals surface area (Å²) in [6, 6.07) is 7.61. The molecule has 0 aliphatic carbocycles. The second kappa shape index (κ2) is 17.3. The number of halogens is 2. The fraction of sp³-hybridized carbons (Fsp3) is 0.485. The van der Waals surface area contributed by atoms with Crippen LogP contribution in [0.2, 0.25) is 0 Å². The summed E-state index contributed by atoms with van der Waals surface area (Å²) in [4.78, 5) is 28.1. The maximum Gasteiger partial charge on any atom is 0.258 e. The van der Waals surface area contributed by atoms with Crippen molar-refractivity contribution in [3.05, 3.63) is 88.7 Å². The minimum Gasteiger partial charge on any atom is -0.390 e.